The average molecular weight is 367 g/mol. The summed E-state index contributed by atoms with van der Waals surface area (Å²) < 4.78 is 5.36. The Morgan fingerprint density at radius 2 is 1.69 bits per heavy atom. The number of ether oxygens (including phenoxy) is 1. The number of hydrogen-bond donors (Lipinski definition) is 0. The molecule has 1 heterocycles. The van der Waals surface area contributed by atoms with Crippen LogP contribution in [0.5, 0.6) is 5.75 Å². The Hall–Kier alpha value is -2.53. The second-order valence-corrected chi connectivity index (χ2v) is 7.29. The van der Waals surface area contributed by atoms with E-state index in [2.05, 4.69) is 0 Å². The zero-order valence-electron chi connectivity index (χ0n) is 15.1. The quantitative estimate of drug-likeness (QED) is 0.723. The van der Waals surface area contributed by atoms with E-state index in [0.29, 0.717) is 16.2 Å². The highest BCUT2D eigenvalue weighted by atomic mass is 32.2. The molecule has 2 aromatic rings. The highest BCUT2D eigenvalue weighted by molar-refractivity contribution is 8.04. The molecule has 0 radical (unpaired) electrons. The first-order valence-electron chi connectivity index (χ1n) is 8.49. The minimum Gasteiger partial charge on any atom is -0.496 e. The fourth-order valence-corrected chi connectivity index (χ4v) is 3.83. The molecule has 0 fully saturated rings. The number of rotatable bonds is 6. The van der Waals surface area contributed by atoms with E-state index in [1.165, 1.54) is 16.7 Å². The van der Waals surface area contributed by atoms with Gasteiger partial charge in [0.1, 0.15) is 5.75 Å². The number of thioether (sulfide) groups is 1. The van der Waals surface area contributed by atoms with Crippen molar-refractivity contribution >= 4 is 29.1 Å². The van der Waals surface area contributed by atoms with Gasteiger partial charge in [-0.1, -0.05) is 55.0 Å². The van der Waals surface area contributed by atoms with Crippen LogP contribution >= 0.6 is 11.8 Å². The van der Waals surface area contributed by atoms with Crippen LogP contribution in [0.15, 0.2) is 53.4 Å². The van der Waals surface area contributed by atoms with Gasteiger partial charge >= 0.3 is 0 Å². The summed E-state index contributed by atoms with van der Waals surface area (Å²) in [6.45, 7) is 4.17. The van der Waals surface area contributed by atoms with Crippen molar-refractivity contribution < 1.29 is 14.3 Å². The van der Waals surface area contributed by atoms with E-state index in [1.807, 2.05) is 62.4 Å². The smallest absolute Gasteiger partial charge is 0.268 e. The molecule has 2 aromatic carbocycles. The molecule has 0 N–H and O–H groups in total. The van der Waals surface area contributed by atoms with Crippen LogP contribution in [0.25, 0.3) is 5.57 Å². The summed E-state index contributed by atoms with van der Waals surface area (Å²) in [5.74, 6) is 0.914. The Balaban J connectivity index is 1.98. The van der Waals surface area contributed by atoms with Crippen LogP contribution in [0.3, 0.4) is 0 Å². The standard InChI is InChI=1S/C21H21NO3S/c1-4-26-19-18(15-11-9-14(2)10-12-15)20(23)22(21(19)24)13-16-7-5-6-8-17(16)25-3/h5-12H,4,13H2,1-3H3. The van der Waals surface area contributed by atoms with Crippen molar-refractivity contribution in [3.05, 3.63) is 70.1 Å². The highest BCUT2D eigenvalue weighted by Crippen LogP contribution is 2.37. The van der Waals surface area contributed by atoms with Crippen LogP contribution in [-0.4, -0.2) is 29.6 Å². The lowest BCUT2D eigenvalue weighted by Crippen LogP contribution is -2.31. The third-order valence-corrected chi connectivity index (χ3v) is 5.23. The van der Waals surface area contributed by atoms with Crippen molar-refractivity contribution in [3.63, 3.8) is 0 Å². The summed E-state index contributed by atoms with van der Waals surface area (Å²) in [7, 11) is 1.58. The molecule has 2 amide bonds. The molecular formula is C21H21NO3S. The van der Waals surface area contributed by atoms with Crippen LogP contribution < -0.4 is 4.74 Å². The summed E-state index contributed by atoms with van der Waals surface area (Å²) in [6.07, 6.45) is 0. The second-order valence-electron chi connectivity index (χ2n) is 6.01. The Morgan fingerprint density at radius 3 is 2.35 bits per heavy atom. The van der Waals surface area contributed by atoms with Crippen molar-refractivity contribution in [2.24, 2.45) is 0 Å². The maximum absolute atomic E-state index is 13.1. The Kier molecular flexibility index (Phi) is 5.47. The number of hydrogen-bond acceptors (Lipinski definition) is 4. The van der Waals surface area contributed by atoms with Crippen molar-refractivity contribution in [1.29, 1.82) is 0 Å². The molecule has 0 atom stereocenters. The molecule has 134 valence electrons. The highest BCUT2D eigenvalue weighted by Gasteiger charge is 2.39. The van der Waals surface area contributed by atoms with Gasteiger partial charge in [0.05, 0.1) is 24.1 Å². The molecule has 0 saturated heterocycles. The Morgan fingerprint density at radius 1 is 1.00 bits per heavy atom. The normalized spacial score (nSPS) is 14.3. The van der Waals surface area contributed by atoms with Gasteiger partial charge in [0.2, 0.25) is 0 Å². The first-order valence-corrected chi connectivity index (χ1v) is 9.47. The third-order valence-electron chi connectivity index (χ3n) is 4.28. The van der Waals surface area contributed by atoms with Gasteiger partial charge in [-0.3, -0.25) is 14.5 Å². The van der Waals surface area contributed by atoms with Gasteiger partial charge in [-0.25, -0.2) is 0 Å². The fourth-order valence-electron chi connectivity index (χ4n) is 2.95. The van der Waals surface area contributed by atoms with E-state index in [-0.39, 0.29) is 18.4 Å². The Labute approximate surface area is 157 Å². The number of nitrogens with zero attached hydrogens (tertiary/aromatic N) is 1. The molecule has 1 aliphatic heterocycles. The maximum atomic E-state index is 13.1. The van der Waals surface area contributed by atoms with E-state index in [0.717, 1.165) is 22.4 Å². The van der Waals surface area contributed by atoms with E-state index >= 15 is 0 Å². The van der Waals surface area contributed by atoms with Crippen LogP contribution in [0.2, 0.25) is 0 Å². The summed E-state index contributed by atoms with van der Waals surface area (Å²) in [5.41, 5.74) is 3.20. The minimum absolute atomic E-state index is 0.199. The van der Waals surface area contributed by atoms with Gasteiger partial charge in [-0.05, 0) is 24.3 Å². The molecule has 4 nitrogen and oxygen atoms in total. The zero-order valence-corrected chi connectivity index (χ0v) is 15.9. The summed E-state index contributed by atoms with van der Waals surface area (Å²) in [4.78, 5) is 27.9. The minimum atomic E-state index is -0.249. The molecule has 1 aliphatic rings. The first kappa shape index (κ1) is 18.3. The number of methoxy groups -OCH3 is 1. The Bertz CT molecular complexity index is 871. The number of benzene rings is 2. The second kappa shape index (κ2) is 7.79. The fraction of sp³-hybridized carbons (Fsp3) is 0.238. The van der Waals surface area contributed by atoms with E-state index in [4.69, 9.17) is 4.74 Å². The van der Waals surface area contributed by atoms with Crippen LogP contribution in [0, 0.1) is 6.92 Å². The molecular weight excluding hydrogens is 346 g/mol. The lowest BCUT2D eigenvalue weighted by molar-refractivity contribution is -0.137. The molecule has 0 unspecified atom stereocenters. The van der Waals surface area contributed by atoms with Crippen LogP contribution in [0.1, 0.15) is 23.6 Å². The number of amides is 2. The van der Waals surface area contributed by atoms with E-state index in [1.54, 1.807) is 7.11 Å². The number of imide groups is 1. The largest absolute Gasteiger partial charge is 0.496 e. The van der Waals surface area contributed by atoms with Crippen LogP contribution in [-0.2, 0) is 16.1 Å². The number of para-hydroxylation sites is 1. The van der Waals surface area contributed by atoms with Gasteiger partial charge in [0.25, 0.3) is 11.8 Å². The van der Waals surface area contributed by atoms with Gasteiger partial charge in [0.15, 0.2) is 0 Å². The van der Waals surface area contributed by atoms with Crippen LogP contribution in [0.4, 0.5) is 0 Å². The number of carbonyl (C=O) groups excluding carboxylic acids is 2. The van der Waals surface area contributed by atoms with Crippen molar-refractivity contribution in [2.45, 2.75) is 20.4 Å². The number of aryl methyl sites for hydroxylation is 1. The molecule has 3 rings (SSSR count). The molecule has 0 bridgehead atoms. The molecule has 5 heteroatoms. The topological polar surface area (TPSA) is 46.6 Å². The van der Waals surface area contributed by atoms with Crippen molar-refractivity contribution in [1.82, 2.24) is 4.90 Å². The summed E-state index contributed by atoms with van der Waals surface area (Å²) >= 11 is 1.42. The summed E-state index contributed by atoms with van der Waals surface area (Å²) in [5, 5.41) is 0. The predicted octanol–water partition coefficient (Wildman–Crippen LogP) is 4.04. The average Bonchev–Trinajstić information content (AvgIpc) is 2.88. The molecule has 0 aromatic heterocycles. The molecule has 0 spiro atoms. The lowest BCUT2D eigenvalue weighted by Gasteiger charge is -2.17. The summed E-state index contributed by atoms with van der Waals surface area (Å²) in [6, 6.07) is 15.2. The SMILES string of the molecule is CCSC1=C(c2ccc(C)cc2)C(=O)N(Cc2ccccc2OC)C1=O. The monoisotopic (exact) mass is 367 g/mol. The van der Waals surface area contributed by atoms with E-state index < -0.39 is 0 Å². The third kappa shape index (κ3) is 3.40. The molecule has 0 saturated carbocycles. The van der Waals surface area contributed by atoms with Gasteiger partial charge < -0.3 is 4.74 Å². The zero-order chi connectivity index (χ0) is 18.7. The van der Waals surface area contributed by atoms with E-state index in [9.17, 15) is 9.59 Å². The molecule has 0 aliphatic carbocycles. The van der Waals surface area contributed by atoms with Gasteiger partial charge in [-0.15, -0.1) is 11.8 Å². The van der Waals surface area contributed by atoms with Crippen molar-refractivity contribution in [2.75, 3.05) is 12.9 Å². The maximum Gasteiger partial charge on any atom is 0.268 e. The van der Waals surface area contributed by atoms with Crippen molar-refractivity contribution in [3.8, 4) is 5.75 Å². The number of carbonyl (C=O) groups is 2. The van der Waals surface area contributed by atoms with Gasteiger partial charge in [0, 0.05) is 5.56 Å². The lowest BCUT2D eigenvalue weighted by atomic mass is 10.0. The predicted molar refractivity (Wildman–Crippen MR) is 105 cm³/mol. The molecule has 26 heavy (non-hydrogen) atoms. The van der Waals surface area contributed by atoms with Gasteiger partial charge in [-0.2, -0.15) is 0 Å². The first-order chi connectivity index (χ1) is 12.6.